The van der Waals surface area contributed by atoms with E-state index in [1.807, 2.05) is 0 Å². The lowest BCUT2D eigenvalue weighted by Crippen LogP contribution is -2.24. The minimum absolute atomic E-state index is 0.0931. The van der Waals surface area contributed by atoms with E-state index < -0.39 is 5.91 Å². The average molecular weight is 281 g/mol. The Labute approximate surface area is 116 Å². The number of ether oxygens (including phenoxy) is 1. The Bertz CT molecular complexity index is 520. The van der Waals surface area contributed by atoms with Gasteiger partial charge in [-0.3, -0.25) is 9.59 Å². The number of alkyl halides is 1. The van der Waals surface area contributed by atoms with Crippen LogP contribution in [0.1, 0.15) is 10.4 Å². The Kier molecular flexibility index (Phi) is 6.27. The molecule has 0 aliphatic heterocycles. The van der Waals surface area contributed by atoms with Gasteiger partial charge in [-0.2, -0.15) is 0 Å². The second-order valence-corrected chi connectivity index (χ2v) is 3.68. The van der Waals surface area contributed by atoms with E-state index in [-0.39, 0.29) is 24.9 Å². The molecule has 0 bridgehead atoms. The summed E-state index contributed by atoms with van der Waals surface area (Å²) < 4.78 is 5.32. The van der Waals surface area contributed by atoms with Gasteiger partial charge in [-0.05, 0) is 12.1 Å². The van der Waals surface area contributed by atoms with Crippen molar-refractivity contribution >= 4 is 23.4 Å². The highest BCUT2D eigenvalue weighted by Crippen LogP contribution is 2.16. The Balaban J connectivity index is 2.44. The molecular formula is C13H13ClN2O3. The molecule has 6 heteroatoms. The molecular weight excluding hydrogens is 268 g/mol. The fraction of sp³-hybridized carbons (Fsp3) is 0.231. The molecule has 3 N–H and O–H groups in total. The zero-order valence-corrected chi connectivity index (χ0v) is 10.9. The number of hydrogen-bond acceptors (Lipinski definition) is 3. The first-order valence-electron chi connectivity index (χ1n) is 5.45. The van der Waals surface area contributed by atoms with Gasteiger partial charge in [0.05, 0.1) is 12.1 Å². The fourth-order valence-electron chi connectivity index (χ4n) is 1.21. The molecule has 0 aliphatic rings. The van der Waals surface area contributed by atoms with Crippen molar-refractivity contribution in [2.45, 2.75) is 0 Å². The van der Waals surface area contributed by atoms with Gasteiger partial charge in [0.15, 0.2) is 0 Å². The summed E-state index contributed by atoms with van der Waals surface area (Å²) in [5.74, 6) is 4.84. The number of benzene rings is 1. The summed E-state index contributed by atoms with van der Waals surface area (Å²) in [6.07, 6.45) is 0. The van der Waals surface area contributed by atoms with Crippen LogP contribution in [0.15, 0.2) is 24.3 Å². The first-order chi connectivity index (χ1) is 9.15. The molecule has 2 amide bonds. The van der Waals surface area contributed by atoms with Crippen molar-refractivity contribution in [3.63, 3.8) is 0 Å². The third kappa shape index (κ3) is 5.32. The first kappa shape index (κ1) is 14.9. The number of halogens is 1. The van der Waals surface area contributed by atoms with Gasteiger partial charge < -0.3 is 15.8 Å². The summed E-state index contributed by atoms with van der Waals surface area (Å²) in [7, 11) is 0. The highest BCUT2D eigenvalue weighted by molar-refractivity contribution is 6.27. The van der Waals surface area contributed by atoms with Crippen molar-refractivity contribution in [3.05, 3.63) is 29.8 Å². The number of amides is 2. The Morgan fingerprint density at radius 2 is 2.05 bits per heavy atom. The van der Waals surface area contributed by atoms with E-state index in [1.54, 1.807) is 24.3 Å². The van der Waals surface area contributed by atoms with Crippen LogP contribution in [0, 0.1) is 11.8 Å². The minimum atomic E-state index is -0.557. The third-order valence-electron chi connectivity index (χ3n) is 2.07. The van der Waals surface area contributed by atoms with E-state index in [9.17, 15) is 9.59 Å². The van der Waals surface area contributed by atoms with E-state index in [4.69, 9.17) is 22.1 Å². The van der Waals surface area contributed by atoms with E-state index in [0.717, 1.165) is 0 Å². The number of nitrogens with one attached hydrogen (secondary N) is 1. The molecule has 0 saturated carbocycles. The maximum atomic E-state index is 11.1. The van der Waals surface area contributed by atoms with E-state index >= 15 is 0 Å². The summed E-state index contributed by atoms with van der Waals surface area (Å²) in [6, 6.07) is 6.64. The van der Waals surface area contributed by atoms with Crippen LogP contribution in [0.25, 0.3) is 0 Å². The van der Waals surface area contributed by atoms with Gasteiger partial charge in [0, 0.05) is 0 Å². The summed E-state index contributed by atoms with van der Waals surface area (Å²) in [5, 5.41) is 2.49. The number of hydrogen-bond donors (Lipinski definition) is 2. The molecule has 0 saturated heterocycles. The van der Waals surface area contributed by atoms with Crippen molar-refractivity contribution in [3.8, 4) is 17.6 Å². The van der Waals surface area contributed by atoms with Gasteiger partial charge >= 0.3 is 0 Å². The van der Waals surface area contributed by atoms with Crippen LogP contribution in [0.4, 0.5) is 0 Å². The quantitative estimate of drug-likeness (QED) is 0.609. The first-order valence-corrected chi connectivity index (χ1v) is 5.98. The molecule has 0 fully saturated rings. The highest BCUT2D eigenvalue weighted by Gasteiger charge is 2.06. The van der Waals surface area contributed by atoms with Gasteiger partial charge in [0.2, 0.25) is 5.91 Å². The van der Waals surface area contributed by atoms with Crippen molar-refractivity contribution in [2.75, 3.05) is 19.0 Å². The van der Waals surface area contributed by atoms with Crippen LogP contribution in [-0.2, 0) is 4.79 Å². The summed E-state index contributed by atoms with van der Waals surface area (Å²) in [4.78, 5) is 21.9. The molecule has 0 aliphatic carbocycles. The molecule has 100 valence electrons. The average Bonchev–Trinajstić information content (AvgIpc) is 2.42. The maximum Gasteiger partial charge on any atom is 0.252 e. The van der Waals surface area contributed by atoms with Crippen molar-refractivity contribution in [1.29, 1.82) is 0 Å². The Morgan fingerprint density at radius 3 is 2.74 bits per heavy atom. The van der Waals surface area contributed by atoms with Gasteiger partial charge in [0.25, 0.3) is 5.91 Å². The van der Waals surface area contributed by atoms with Crippen LogP contribution in [-0.4, -0.2) is 30.8 Å². The Hall–Kier alpha value is -2.19. The van der Waals surface area contributed by atoms with Crippen LogP contribution < -0.4 is 15.8 Å². The van der Waals surface area contributed by atoms with Crippen molar-refractivity contribution in [1.82, 2.24) is 5.32 Å². The number of carbonyl (C=O) groups excluding carboxylic acids is 2. The van der Waals surface area contributed by atoms with Crippen LogP contribution in [0.5, 0.6) is 5.75 Å². The van der Waals surface area contributed by atoms with Gasteiger partial charge in [-0.1, -0.05) is 24.0 Å². The number of para-hydroxylation sites is 1. The van der Waals surface area contributed by atoms with E-state index in [0.29, 0.717) is 11.3 Å². The van der Waals surface area contributed by atoms with Crippen molar-refractivity contribution in [2.24, 2.45) is 5.73 Å². The number of nitrogens with two attached hydrogens (primary N) is 1. The normalized spacial score (nSPS) is 9.11. The lowest BCUT2D eigenvalue weighted by Gasteiger charge is -2.05. The lowest BCUT2D eigenvalue weighted by atomic mass is 10.2. The zero-order valence-electron chi connectivity index (χ0n) is 10.1. The van der Waals surface area contributed by atoms with Gasteiger partial charge in [-0.15, -0.1) is 11.6 Å². The van der Waals surface area contributed by atoms with E-state index in [2.05, 4.69) is 17.2 Å². The van der Waals surface area contributed by atoms with Crippen molar-refractivity contribution < 1.29 is 14.3 Å². The smallest absolute Gasteiger partial charge is 0.252 e. The molecule has 0 radical (unpaired) electrons. The largest absolute Gasteiger partial charge is 0.480 e. The molecule has 19 heavy (non-hydrogen) atoms. The fourth-order valence-corrected chi connectivity index (χ4v) is 1.31. The second kappa shape index (κ2) is 8.01. The molecule has 0 atom stereocenters. The van der Waals surface area contributed by atoms with Crippen LogP contribution >= 0.6 is 11.6 Å². The number of primary amides is 1. The summed E-state index contributed by atoms with van der Waals surface area (Å²) in [5.41, 5.74) is 5.51. The minimum Gasteiger partial charge on any atom is -0.480 e. The predicted octanol–water partition coefficient (Wildman–Crippen LogP) is 0.523. The lowest BCUT2D eigenvalue weighted by molar-refractivity contribution is -0.118. The van der Waals surface area contributed by atoms with Crippen LogP contribution in [0.3, 0.4) is 0 Å². The summed E-state index contributed by atoms with van der Waals surface area (Å²) >= 11 is 5.29. The molecule has 0 aromatic heterocycles. The van der Waals surface area contributed by atoms with Crippen LogP contribution in [0.2, 0.25) is 0 Å². The molecule has 1 aromatic carbocycles. The number of rotatable bonds is 5. The molecule has 5 nitrogen and oxygen atoms in total. The standard InChI is InChI=1S/C13H13ClN2O3/c14-9-12(17)16-7-3-4-8-19-11-6-2-1-5-10(11)13(15)18/h1-2,5-6H,7-9H2,(H2,15,18)(H,16,17). The van der Waals surface area contributed by atoms with Gasteiger partial charge in [-0.25, -0.2) is 0 Å². The number of carbonyl (C=O) groups is 2. The van der Waals surface area contributed by atoms with Gasteiger partial charge in [0.1, 0.15) is 18.2 Å². The zero-order chi connectivity index (χ0) is 14.1. The molecule has 1 aromatic rings. The third-order valence-corrected chi connectivity index (χ3v) is 2.32. The van der Waals surface area contributed by atoms with E-state index in [1.165, 1.54) is 0 Å². The predicted molar refractivity (Wildman–Crippen MR) is 72.0 cm³/mol. The summed E-state index contributed by atoms with van der Waals surface area (Å²) in [6.45, 7) is 0.299. The SMILES string of the molecule is NC(=O)c1ccccc1OCC#CCNC(=O)CCl. The highest BCUT2D eigenvalue weighted by atomic mass is 35.5. The molecule has 0 heterocycles. The second-order valence-electron chi connectivity index (χ2n) is 3.41. The Morgan fingerprint density at radius 1 is 1.32 bits per heavy atom. The monoisotopic (exact) mass is 280 g/mol. The maximum absolute atomic E-state index is 11.1. The molecule has 0 unspecified atom stereocenters. The molecule has 1 rings (SSSR count). The topological polar surface area (TPSA) is 81.4 Å². The molecule has 0 spiro atoms.